The summed E-state index contributed by atoms with van der Waals surface area (Å²) in [6, 6.07) is 2.06. The standard InChI is InChI=1S/C16H17F2NO5/c1-23-15(21)5-3-4-13(16(22)24-2)19-14(20)9-10-6-7-11(17)12(18)8-10/h3,5-8,13H,4,9H2,1-2H3,(H,19,20)/b5-3+/t13-/m1/s1. The average Bonchev–Trinajstić information content (AvgIpc) is 2.56. The summed E-state index contributed by atoms with van der Waals surface area (Å²) in [5, 5.41) is 2.41. The summed E-state index contributed by atoms with van der Waals surface area (Å²) in [5.74, 6) is -3.97. The first-order valence-corrected chi connectivity index (χ1v) is 6.93. The van der Waals surface area contributed by atoms with Crippen LogP contribution >= 0.6 is 0 Å². The Balaban J connectivity index is 2.69. The Morgan fingerprint density at radius 2 is 1.88 bits per heavy atom. The Hall–Kier alpha value is -2.77. The molecule has 8 heteroatoms. The minimum atomic E-state index is -1.06. The fourth-order valence-corrected chi connectivity index (χ4v) is 1.81. The zero-order valence-electron chi connectivity index (χ0n) is 13.2. The third-order valence-corrected chi connectivity index (χ3v) is 3.00. The molecule has 1 aromatic rings. The Kier molecular flexibility index (Phi) is 7.54. The van der Waals surface area contributed by atoms with Gasteiger partial charge in [0.1, 0.15) is 6.04 Å². The second kappa shape index (κ2) is 9.39. The van der Waals surface area contributed by atoms with Crippen LogP contribution < -0.4 is 5.32 Å². The third kappa shape index (κ3) is 6.15. The van der Waals surface area contributed by atoms with E-state index in [1.807, 2.05) is 0 Å². The highest BCUT2D eigenvalue weighted by Gasteiger charge is 2.20. The number of esters is 2. The van der Waals surface area contributed by atoms with Gasteiger partial charge in [-0.25, -0.2) is 18.4 Å². The van der Waals surface area contributed by atoms with Gasteiger partial charge in [-0.15, -0.1) is 0 Å². The minimum Gasteiger partial charge on any atom is -0.467 e. The summed E-state index contributed by atoms with van der Waals surface area (Å²) >= 11 is 0. The van der Waals surface area contributed by atoms with E-state index in [0.29, 0.717) is 0 Å². The zero-order valence-corrected chi connectivity index (χ0v) is 13.2. The predicted octanol–water partition coefficient (Wildman–Crippen LogP) is 1.28. The van der Waals surface area contributed by atoms with Crippen LogP contribution in [0.1, 0.15) is 12.0 Å². The van der Waals surface area contributed by atoms with Gasteiger partial charge < -0.3 is 14.8 Å². The molecule has 24 heavy (non-hydrogen) atoms. The molecule has 0 saturated carbocycles. The topological polar surface area (TPSA) is 81.7 Å². The van der Waals surface area contributed by atoms with E-state index in [2.05, 4.69) is 14.8 Å². The highest BCUT2D eigenvalue weighted by molar-refractivity contribution is 5.86. The summed E-state index contributed by atoms with van der Waals surface area (Å²) < 4.78 is 34.9. The number of hydrogen-bond donors (Lipinski definition) is 1. The molecule has 0 aliphatic rings. The highest BCUT2D eigenvalue weighted by Crippen LogP contribution is 2.09. The first-order chi connectivity index (χ1) is 11.4. The van der Waals surface area contributed by atoms with Crippen LogP contribution in [0.3, 0.4) is 0 Å². The fourth-order valence-electron chi connectivity index (χ4n) is 1.81. The van der Waals surface area contributed by atoms with E-state index in [1.165, 1.54) is 19.3 Å². The Bertz CT molecular complexity index is 645. The van der Waals surface area contributed by atoms with Gasteiger partial charge in [-0.3, -0.25) is 4.79 Å². The molecule has 1 rings (SSSR count). The van der Waals surface area contributed by atoms with Crippen molar-refractivity contribution < 1.29 is 32.6 Å². The lowest BCUT2D eigenvalue weighted by Gasteiger charge is -2.15. The molecule has 130 valence electrons. The van der Waals surface area contributed by atoms with E-state index >= 15 is 0 Å². The molecule has 0 heterocycles. The van der Waals surface area contributed by atoms with Crippen molar-refractivity contribution in [1.82, 2.24) is 5.32 Å². The second-order valence-corrected chi connectivity index (χ2v) is 4.73. The summed E-state index contributed by atoms with van der Waals surface area (Å²) in [6.07, 6.45) is 2.22. The molecule has 1 amide bonds. The number of nitrogens with one attached hydrogen (secondary N) is 1. The largest absolute Gasteiger partial charge is 0.467 e. The van der Waals surface area contributed by atoms with Crippen LogP contribution in [-0.2, 0) is 30.3 Å². The molecule has 0 saturated heterocycles. The van der Waals surface area contributed by atoms with Gasteiger partial charge in [0, 0.05) is 6.08 Å². The fraction of sp³-hybridized carbons (Fsp3) is 0.312. The van der Waals surface area contributed by atoms with Gasteiger partial charge in [0.05, 0.1) is 20.6 Å². The van der Waals surface area contributed by atoms with Crippen LogP contribution in [0.4, 0.5) is 8.78 Å². The number of halogens is 2. The Morgan fingerprint density at radius 3 is 2.46 bits per heavy atom. The van der Waals surface area contributed by atoms with Crippen molar-refractivity contribution in [2.75, 3.05) is 14.2 Å². The summed E-state index contributed by atoms with van der Waals surface area (Å²) in [6.45, 7) is 0. The van der Waals surface area contributed by atoms with Gasteiger partial charge >= 0.3 is 11.9 Å². The van der Waals surface area contributed by atoms with Crippen molar-refractivity contribution in [3.05, 3.63) is 47.5 Å². The molecule has 0 aromatic heterocycles. The minimum absolute atomic E-state index is 0.00525. The van der Waals surface area contributed by atoms with Crippen molar-refractivity contribution in [3.8, 4) is 0 Å². The molecule has 1 N–H and O–H groups in total. The molecule has 1 aromatic carbocycles. The maximum atomic E-state index is 13.1. The molecule has 1 atom stereocenters. The maximum absolute atomic E-state index is 13.1. The normalized spacial score (nSPS) is 11.8. The van der Waals surface area contributed by atoms with E-state index in [-0.39, 0.29) is 18.4 Å². The quantitative estimate of drug-likeness (QED) is 0.597. The molecule has 6 nitrogen and oxygen atoms in total. The zero-order chi connectivity index (χ0) is 18.1. The molecule has 0 aliphatic heterocycles. The van der Waals surface area contributed by atoms with E-state index in [0.717, 1.165) is 25.3 Å². The summed E-state index contributed by atoms with van der Waals surface area (Å²) in [4.78, 5) is 34.6. The van der Waals surface area contributed by atoms with E-state index < -0.39 is 35.5 Å². The van der Waals surface area contributed by atoms with E-state index in [4.69, 9.17) is 0 Å². The van der Waals surface area contributed by atoms with Crippen molar-refractivity contribution in [2.45, 2.75) is 18.9 Å². The lowest BCUT2D eigenvalue weighted by atomic mass is 10.1. The molecule has 0 aliphatic carbocycles. The monoisotopic (exact) mass is 341 g/mol. The maximum Gasteiger partial charge on any atom is 0.330 e. The number of benzene rings is 1. The summed E-state index contributed by atoms with van der Waals surface area (Å²) in [5.41, 5.74) is 0.250. The summed E-state index contributed by atoms with van der Waals surface area (Å²) in [7, 11) is 2.36. The van der Waals surface area contributed by atoms with E-state index in [9.17, 15) is 23.2 Å². The predicted molar refractivity (Wildman–Crippen MR) is 79.8 cm³/mol. The van der Waals surface area contributed by atoms with Crippen LogP contribution in [-0.4, -0.2) is 38.1 Å². The molecule has 0 unspecified atom stereocenters. The molecule has 0 bridgehead atoms. The lowest BCUT2D eigenvalue weighted by Crippen LogP contribution is -2.41. The van der Waals surface area contributed by atoms with Gasteiger partial charge in [0.2, 0.25) is 5.91 Å². The number of ether oxygens (including phenoxy) is 2. The van der Waals surface area contributed by atoms with Crippen LogP contribution in [0.2, 0.25) is 0 Å². The molecule has 0 fully saturated rings. The average molecular weight is 341 g/mol. The molecular formula is C16H17F2NO5. The number of hydrogen-bond acceptors (Lipinski definition) is 5. The second-order valence-electron chi connectivity index (χ2n) is 4.73. The first kappa shape index (κ1) is 19.3. The van der Waals surface area contributed by atoms with Crippen molar-refractivity contribution in [2.24, 2.45) is 0 Å². The van der Waals surface area contributed by atoms with Gasteiger partial charge in [-0.2, -0.15) is 0 Å². The van der Waals surface area contributed by atoms with Gasteiger partial charge in [-0.1, -0.05) is 12.1 Å². The highest BCUT2D eigenvalue weighted by atomic mass is 19.2. The van der Waals surface area contributed by atoms with Gasteiger partial charge in [0.15, 0.2) is 11.6 Å². The SMILES string of the molecule is COC(=O)/C=C/C[C@@H](NC(=O)Cc1ccc(F)c(F)c1)C(=O)OC. The number of rotatable bonds is 7. The van der Waals surface area contributed by atoms with Crippen molar-refractivity contribution in [3.63, 3.8) is 0 Å². The van der Waals surface area contributed by atoms with Crippen LogP contribution in [0.25, 0.3) is 0 Å². The molecule has 0 spiro atoms. The number of methoxy groups -OCH3 is 2. The Labute approximate surface area is 137 Å². The van der Waals surface area contributed by atoms with Crippen LogP contribution in [0, 0.1) is 11.6 Å². The van der Waals surface area contributed by atoms with Gasteiger partial charge in [0.25, 0.3) is 0 Å². The van der Waals surface area contributed by atoms with Crippen molar-refractivity contribution >= 4 is 17.8 Å². The lowest BCUT2D eigenvalue weighted by molar-refractivity contribution is -0.145. The number of carbonyl (C=O) groups is 3. The van der Waals surface area contributed by atoms with Crippen molar-refractivity contribution in [1.29, 1.82) is 0 Å². The Morgan fingerprint density at radius 1 is 1.17 bits per heavy atom. The van der Waals surface area contributed by atoms with Gasteiger partial charge in [-0.05, 0) is 24.1 Å². The number of amides is 1. The number of carbonyl (C=O) groups excluding carboxylic acids is 3. The smallest absolute Gasteiger partial charge is 0.330 e. The third-order valence-electron chi connectivity index (χ3n) is 3.00. The van der Waals surface area contributed by atoms with Crippen LogP contribution in [0.15, 0.2) is 30.4 Å². The molecular weight excluding hydrogens is 324 g/mol. The molecule has 0 radical (unpaired) electrons. The van der Waals surface area contributed by atoms with E-state index in [1.54, 1.807) is 0 Å². The first-order valence-electron chi connectivity index (χ1n) is 6.93. The van der Waals surface area contributed by atoms with Crippen LogP contribution in [0.5, 0.6) is 0 Å².